The Bertz CT molecular complexity index is 471. The third-order valence-corrected chi connectivity index (χ3v) is 2.82. The molecular weight excluding hydrogens is 218 g/mol. The Morgan fingerprint density at radius 1 is 1.35 bits per heavy atom. The van der Waals surface area contributed by atoms with E-state index in [1.807, 2.05) is 12.1 Å². The maximum atomic E-state index is 11.8. The highest BCUT2D eigenvalue weighted by atomic mass is 16.2. The molecule has 0 saturated heterocycles. The van der Waals surface area contributed by atoms with Gasteiger partial charge in [0.15, 0.2) is 0 Å². The minimum absolute atomic E-state index is 0.184. The highest BCUT2D eigenvalue weighted by molar-refractivity contribution is 6.19. The summed E-state index contributed by atoms with van der Waals surface area (Å²) in [7, 11) is 0. The molecule has 0 aromatic heterocycles. The second-order valence-corrected chi connectivity index (χ2v) is 4.01. The van der Waals surface area contributed by atoms with Crippen molar-refractivity contribution in [3.8, 4) is 0 Å². The molecule has 0 bridgehead atoms. The van der Waals surface area contributed by atoms with Crippen molar-refractivity contribution in [2.75, 3.05) is 11.4 Å². The van der Waals surface area contributed by atoms with E-state index in [9.17, 15) is 9.59 Å². The van der Waals surface area contributed by atoms with Gasteiger partial charge in [-0.05, 0) is 17.2 Å². The molecule has 2 rings (SSSR count). The molecular formula is C12H15N3O2. The molecule has 17 heavy (non-hydrogen) atoms. The normalized spacial score (nSPS) is 14.0. The number of hydrogen-bond acceptors (Lipinski definition) is 4. The SMILES string of the molecule is NCCC(=O)N1C(=O)Cc2cc(CN)ccc21. The zero-order valence-corrected chi connectivity index (χ0v) is 9.48. The van der Waals surface area contributed by atoms with Gasteiger partial charge in [-0.2, -0.15) is 0 Å². The number of anilines is 1. The number of benzene rings is 1. The van der Waals surface area contributed by atoms with Gasteiger partial charge in [0, 0.05) is 19.5 Å². The van der Waals surface area contributed by atoms with Crippen molar-refractivity contribution in [1.29, 1.82) is 0 Å². The molecule has 5 heteroatoms. The van der Waals surface area contributed by atoms with E-state index >= 15 is 0 Å². The van der Waals surface area contributed by atoms with Crippen molar-refractivity contribution < 1.29 is 9.59 Å². The van der Waals surface area contributed by atoms with E-state index < -0.39 is 0 Å². The smallest absolute Gasteiger partial charge is 0.238 e. The van der Waals surface area contributed by atoms with Crippen LogP contribution < -0.4 is 16.4 Å². The minimum Gasteiger partial charge on any atom is -0.330 e. The first-order valence-electron chi connectivity index (χ1n) is 5.55. The van der Waals surface area contributed by atoms with E-state index in [4.69, 9.17) is 11.5 Å². The average Bonchev–Trinajstić information content (AvgIpc) is 2.64. The highest BCUT2D eigenvalue weighted by Gasteiger charge is 2.31. The fourth-order valence-corrected chi connectivity index (χ4v) is 2.01. The number of carbonyl (C=O) groups excluding carboxylic acids is 2. The van der Waals surface area contributed by atoms with Crippen molar-refractivity contribution in [3.63, 3.8) is 0 Å². The van der Waals surface area contributed by atoms with E-state index in [0.29, 0.717) is 12.2 Å². The quantitative estimate of drug-likeness (QED) is 0.763. The molecule has 1 aliphatic rings. The summed E-state index contributed by atoms with van der Waals surface area (Å²) in [4.78, 5) is 24.8. The molecule has 0 saturated carbocycles. The Hall–Kier alpha value is -1.72. The molecule has 0 radical (unpaired) electrons. The molecule has 1 aromatic carbocycles. The van der Waals surface area contributed by atoms with Crippen molar-refractivity contribution in [2.24, 2.45) is 11.5 Å². The molecule has 0 fully saturated rings. The Labute approximate surface area is 99.4 Å². The largest absolute Gasteiger partial charge is 0.330 e. The lowest BCUT2D eigenvalue weighted by Gasteiger charge is -2.15. The van der Waals surface area contributed by atoms with Gasteiger partial charge in [-0.15, -0.1) is 0 Å². The van der Waals surface area contributed by atoms with E-state index in [-0.39, 0.29) is 31.2 Å². The summed E-state index contributed by atoms with van der Waals surface area (Å²) in [6.07, 6.45) is 0.448. The predicted molar refractivity (Wildman–Crippen MR) is 64.2 cm³/mol. The van der Waals surface area contributed by atoms with Crippen molar-refractivity contribution >= 4 is 17.5 Å². The van der Waals surface area contributed by atoms with Gasteiger partial charge in [-0.3, -0.25) is 9.59 Å². The van der Waals surface area contributed by atoms with Crippen molar-refractivity contribution in [1.82, 2.24) is 0 Å². The van der Waals surface area contributed by atoms with Gasteiger partial charge in [0.2, 0.25) is 11.8 Å². The third-order valence-electron chi connectivity index (χ3n) is 2.82. The number of amides is 2. The Balaban J connectivity index is 2.34. The minimum atomic E-state index is -0.239. The summed E-state index contributed by atoms with van der Waals surface area (Å²) in [5, 5.41) is 0. The van der Waals surface area contributed by atoms with Crippen LogP contribution in [0.3, 0.4) is 0 Å². The van der Waals surface area contributed by atoms with Crippen LogP contribution in [-0.4, -0.2) is 18.4 Å². The molecule has 0 unspecified atom stereocenters. The topological polar surface area (TPSA) is 89.4 Å². The van der Waals surface area contributed by atoms with Gasteiger partial charge >= 0.3 is 0 Å². The van der Waals surface area contributed by atoms with Gasteiger partial charge in [0.1, 0.15) is 0 Å². The second kappa shape index (κ2) is 4.65. The molecule has 0 spiro atoms. The lowest BCUT2D eigenvalue weighted by molar-refractivity contribution is -0.125. The van der Waals surface area contributed by atoms with Crippen LogP contribution in [0.2, 0.25) is 0 Å². The number of hydrogen-bond donors (Lipinski definition) is 2. The first-order chi connectivity index (χ1) is 8.17. The molecule has 4 N–H and O–H groups in total. The number of carbonyl (C=O) groups is 2. The number of imide groups is 1. The van der Waals surface area contributed by atoms with Crippen LogP contribution in [0.15, 0.2) is 18.2 Å². The fraction of sp³-hybridized carbons (Fsp3) is 0.333. The molecule has 2 amide bonds. The maximum Gasteiger partial charge on any atom is 0.238 e. The monoisotopic (exact) mass is 233 g/mol. The number of nitrogens with two attached hydrogens (primary N) is 2. The molecule has 1 aliphatic heterocycles. The molecule has 5 nitrogen and oxygen atoms in total. The number of nitrogens with zero attached hydrogens (tertiary/aromatic N) is 1. The van der Waals surface area contributed by atoms with Crippen LogP contribution in [-0.2, 0) is 22.6 Å². The van der Waals surface area contributed by atoms with Gasteiger partial charge in [-0.25, -0.2) is 4.90 Å². The second-order valence-electron chi connectivity index (χ2n) is 4.01. The van der Waals surface area contributed by atoms with E-state index in [0.717, 1.165) is 11.1 Å². The van der Waals surface area contributed by atoms with Crippen LogP contribution in [0.1, 0.15) is 17.5 Å². The van der Waals surface area contributed by atoms with Crippen LogP contribution >= 0.6 is 0 Å². The van der Waals surface area contributed by atoms with Crippen LogP contribution in [0.5, 0.6) is 0 Å². The van der Waals surface area contributed by atoms with Crippen LogP contribution in [0.4, 0.5) is 5.69 Å². The van der Waals surface area contributed by atoms with E-state index in [1.54, 1.807) is 6.07 Å². The number of rotatable bonds is 3. The summed E-state index contributed by atoms with van der Waals surface area (Å²) in [6, 6.07) is 5.49. The Morgan fingerprint density at radius 2 is 2.12 bits per heavy atom. The van der Waals surface area contributed by atoms with Gasteiger partial charge in [0.05, 0.1) is 12.1 Å². The molecule has 1 heterocycles. The fourth-order valence-electron chi connectivity index (χ4n) is 2.01. The molecule has 0 atom stereocenters. The lowest BCUT2D eigenvalue weighted by Crippen LogP contribution is -2.34. The zero-order chi connectivity index (χ0) is 12.4. The predicted octanol–water partition coefficient (Wildman–Crippen LogP) is -0.0902. The Kier molecular flexibility index (Phi) is 3.21. The van der Waals surface area contributed by atoms with Crippen molar-refractivity contribution in [2.45, 2.75) is 19.4 Å². The van der Waals surface area contributed by atoms with E-state index in [2.05, 4.69) is 0 Å². The standard InChI is InChI=1S/C12H15N3O2/c13-4-3-11(16)15-10-2-1-8(7-14)5-9(10)6-12(15)17/h1-2,5H,3-4,6-7,13-14H2. The molecule has 90 valence electrons. The first kappa shape index (κ1) is 11.8. The van der Waals surface area contributed by atoms with Crippen LogP contribution in [0.25, 0.3) is 0 Å². The Morgan fingerprint density at radius 3 is 2.76 bits per heavy atom. The van der Waals surface area contributed by atoms with Gasteiger partial charge < -0.3 is 11.5 Å². The summed E-state index contributed by atoms with van der Waals surface area (Å²) in [5.41, 5.74) is 13.4. The summed E-state index contributed by atoms with van der Waals surface area (Å²) in [5.74, 6) is -0.427. The van der Waals surface area contributed by atoms with Crippen LogP contribution in [0, 0.1) is 0 Å². The first-order valence-corrected chi connectivity index (χ1v) is 5.55. The molecule has 0 aliphatic carbocycles. The zero-order valence-electron chi connectivity index (χ0n) is 9.48. The molecule has 1 aromatic rings. The maximum absolute atomic E-state index is 11.8. The number of fused-ring (bicyclic) bond motifs is 1. The summed E-state index contributed by atoms with van der Waals surface area (Å²) >= 11 is 0. The van der Waals surface area contributed by atoms with Gasteiger partial charge in [0.25, 0.3) is 0 Å². The third kappa shape index (κ3) is 2.07. The lowest BCUT2D eigenvalue weighted by atomic mass is 10.1. The summed E-state index contributed by atoms with van der Waals surface area (Å²) in [6.45, 7) is 0.678. The summed E-state index contributed by atoms with van der Waals surface area (Å²) < 4.78 is 0. The average molecular weight is 233 g/mol. The van der Waals surface area contributed by atoms with E-state index in [1.165, 1.54) is 4.90 Å². The van der Waals surface area contributed by atoms with Gasteiger partial charge in [-0.1, -0.05) is 12.1 Å². The van der Waals surface area contributed by atoms with Crippen molar-refractivity contribution in [3.05, 3.63) is 29.3 Å². The highest BCUT2D eigenvalue weighted by Crippen LogP contribution is 2.30.